The van der Waals surface area contributed by atoms with E-state index in [0.29, 0.717) is 12.5 Å². The fraction of sp³-hybridized carbons (Fsp3) is 0.364. The number of anilines is 1. The number of halogens is 1. The molecule has 8 heteroatoms. The average molecular weight is 270 g/mol. The summed E-state index contributed by atoms with van der Waals surface area (Å²) < 4.78 is 13.2. The monoisotopic (exact) mass is 270 g/mol. The van der Waals surface area contributed by atoms with Crippen LogP contribution in [0.5, 0.6) is 0 Å². The standard InChI is InChI=1S/C11H15FN4O3/c1-6(13)2-3-15-11(17)8-4-7(12)5-9(10(8)14)16(18)19/h4-6H,2-3,13-14H2,1H3,(H,15,17). The van der Waals surface area contributed by atoms with Crippen molar-refractivity contribution in [1.29, 1.82) is 0 Å². The topological polar surface area (TPSA) is 124 Å². The Kier molecular flexibility index (Phi) is 4.76. The van der Waals surface area contributed by atoms with E-state index in [9.17, 15) is 19.3 Å². The van der Waals surface area contributed by atoms with Crippen molar-refractivity contribution in [1.82, 2.24) is 5.32 Å². The number of nitro benzene ring substituents is 1. The van der Waals surface area contributed by atoms with Crippen LogP contribution in [0.2, 0.25) is 0 Å². The van der Waals surface area contributed by atoms with Gasteiger partial charge in [0.1, 0.15) is 11.5 Å². The van der Waals surface area contributed by atoms with E-state index in [-0.39, 0.29) is 23.8 Å². The number of carbonyl (C=O) groups is 1. The van der Waals surface area contributed by atoms with Crippen molar-refractivity contribution >= 4 is 17.3 Å². The van der Waals surface area contributed by atoms with Crippen LogP contribution in [-0.4, -0.2) is 23.4 Å². The number of nitrogen functional groups attached to an aromatic ring is 1. The fourth-order valence-corrected chi connectivity index (χ4v) is 1.45. The highest BCUT2D eigenvalue weighted by molar-refractivity contribution is 6.01. The molecular formula is C11H15FN4O3. The number of nitrogens with one attached hydrogen (secondary N) is 1. The molecule has 0 bridgehead atoms. The van der Waals surface area contributed by atoms with Crippen LogP contribution < -0.4 is 16.8 Å². The van der Waals surface area contributed by atoms with Crippen LogP contribution >= 0.6 is 0 Å². The highest BCUT2D eigenvalue weighted by Crippen LogP contribution is 2.26. The predicted octanol–water partition coefficient (Wildman–Crippen LogP) is 0.783. The Labute approximate surface area is 108 Å². The first-order chi connectivity index (χ1) is 8.82. The normalized spacial score (nSPS) is 11.9. The zero-order valence-electron chi connectivity index (χ0n) is 10.4. The van der Waals surface area contributed by atoms with E-state index in [1.807, 2.05) is 0 Å². The fourth-order valence-electron chi connectivity index (χ4n) is 1.45. The van der Waals surface area contributed by atoms with Gasteiger partial charge in [-0.15, -0.1) is 0 Å². The van der Waals surface area contributed by atoms with Gasteiger partial charge in [0.05, 0.1) is 16.6 Å². The molecule has 0 aliphatic carbocycles. The molecule has 1 amide bonds. The van der Waals surface area contributed by atoms with Gasteiger partial charge in [-0.3, -0.25) is 14.9 Å². The zero-order chi connectivity index (χ0) is 14.6. The first-order valence-electron chi connectivity index (χ1n) is 5.60. The minimum absolute atomic E-state index is 0.0977. The van der Waals surface area contributed by atoms with Gasteiger partial charge < -0.3 is 16.8 Å². The molecule has 7 nitrogen and oxygen atoms in total. The van der Waals surface area contributed by atoms with Gasteiger partial charge in [-0.05, 0) is 19.4 Å². The van der Waals surface area contributed by atoms with Crippen molar-refractivity contribution in [3.8, 4) is 0 Å². The van der Waals surface area contributed by atoms with Crippen LogP contribution in [0.15, 0.2) is 12.1 Å². The summed E-state index contributed by atoms with van der Waals surface area (Å²) >= 11 is 0. The summed E-state index contributed by atoms with van der Waals surface area (Å²) in [5, 5.41) is 13.1. The SMILES string of the molecule is CC(N)CCNC(=O)c1cc(F)cc([N+](=O)[O-])c1N. The Morgan fingerprint density at radius 3 is 2.74 bits per heavy atom. The second kappa shape index (κ2) is 6.10. The number of carbonyl (C=O) groups excluding carboxylic acids is 1. The lowest BCUT2D eigenvalue weighted by Gasteiger charge is -2.09. The summed E-state index contributed by atoms with van der Waals surface area (Å²) in [6.45, 7) is 2.05. The Morgan fingerprint density at radius 2 is 2.21 bits per heavy atom. The molecule has 0 aromatic heterocycles. The third kappa shape index (κ3) is 3.88. The summed E-state index contributed by atoms with van der Waals surface area (Å²) in [4.78, 5) is 21.6. The first-order valence-corrected chi connectivity index (χ1v) is 5.60. The molecule has 1 aromatic carbocycles. The lowest BCUT2D eigenvalue weighted by atomic mass is 10.1. The van der Waals surface area contributed by atoms with Crippen molar-refractivity contribution in [2.75, 3.05) is 12.3 Å². The van der Waals surface area contributed by atoms with E-state index < -0.39 is 22.3 Å². The van der Waals surface area contributed by atoms with Crippen LogP contribution in [0.25, 0.3) is 0 Å². The lowest BCUT2D eigenvalue weighted by molar-refractivity contribution is -0.384. The van der Waals surface area contributed by atoms with E-state index in [2.05, 4.69) is 5.32 Å². The van der Waals surface area contributed by atoms with Crippen LogP contribution in [0.3, 0.4) is 0 Å². The van der Waals surface area contributed by atoms with Gasteiger partial charge in [-0.25, -0.2) is 4.39 Å². The Morgan fingerprint density at radius 1 is 1.58 bits per heavy atom. The maximum Gasteiger partial charge on any atom is 0.295 e. The highest BCUT2D eigenvalue weighted by Gasteiger charge is 2.21. The number of nitrogens with zero attached hydrogens (tertiary/aromatic N) is 1. The third-order valence-electron chi connectivity index (χ3n) is 2.45. The molecule has 0 saturated carbocycles. The summed E-state index contributed by atoms with van der Waals surface area (Å²) in [6, 6.07) is 1.44. The van der Waals surface area contributed by atoms with Gasteiger partial charge in [0.2, 0.25) is 0 Å². The average Bonchev–Trinajstić information content (AvgIpc) is 2.30. The van der Waals surface area contributed by atoms with Crippen molar-refractivity contribution in [2.45, 2.75) is 19.4 Å². The minimum Gasteiger partial charge on any atom is -0.393 e. The van der Waals surface area contributed by atoms with E-state index in [4.69, 9.17) is 11.5 Å². The molecule has 0 radical (unpaired) electrons. The lowest BCUT2D eigenvalue weighted by Crippen LogP contribution is -2.29. The highest BCUT2D eigenvalue weighted by atomic mass is 19.1. The van der Waals surface area contributed by atoms with Crippen LogP contribution in [0, 0.1) is 15.9 Å². The second-order valence-corrected chi connectivity index (χ2v) is 4.17. The molecule has 0 heterocycles. The molecule has 0 spiro atoms. The van der Waals surface area contributed by atoms with Gasteiger partial charge >= 0.3 is 0 Å². The molecule has 0 aliphatic rings. The molecule has 0 aliphatic heterocycles. The number of hydrogen-bond donors (Lipinski definition) is 3. The molecule has 1 aromatic rings. The number of nitro groups is 1. The van der Waals surface area contributed by atoms with E-state index in [1.165, 1.54) is 0 Å². The van der Waals surface area contributed by atoms with Crippen molar-refractivity contribution < 1.29 is 14.1 Å². The molecular weight excluding hydrogens is 255 g/mol. The summed E-state index contributed by atoms with van der Waals surface area (Å²) in [6.07, 6.45) is 0.531. The zero-order valence-corrected chi connectivity index (χ0v) is 10.4. The summed E-state index contributed by atoms with van der Waals surface area (Å²) in [7, 11) is 0. The number of amides is 1. The van der Waals surface area contributed by atoms with Gasteiger partial charge in [-0.2, -0.15) is 0 Å². The summed E-state index contributed by atoms with van der Waals surface area (Å²) in [5.41, 5.74) is 9.76. The number of benzene rings is 1. The Balaban J connectivity index is 2.94. The summed E-state index contributed by atoms with van der Waals surface area (Å²) in [5.74, 6) is -1.56. The van der Waals surface area contributed by atoms with Crippen molar-refractivity contribution in [3.63, 3.8) is 0 Å². The maximum atomic E-state index is 13.2. The van der Waals surface area contributed by atoms with Gasteiger partial charge in [0.15, 0.2) is 0 Å². The maximum absolute atomic E-state index is 13.2. The first kappa shape index (κ1) is 14.8. The van der Waals surface area contributed by atoms with Crippen LogP contribution in [-0.2, 0) is 0 Å². The van der Waals surface area contributed by atoms with Crippen molar-refractivity contribution in [2.24, 2.45) is 5.73 Å². The molecule has 0 fully saturated rings. The van der Waals surface area contributed by atoms with E-state index in [1.54, 1.807) is 6.92 Å². The van der Waals surface area contributed by atoms with Gasteiger partial charge in [-0.1, -0.05) is 0 Å². The molecule has 19 heavy (non-hydrogen) atoms. The quantitative estimate of drug-likeness (QED) is 0.414. The molecule has 1 unspecified atom stereocenters. The molecule has 1 atom stereocenters. The van der Waals surface area contributed by atoms with Crippen molar-refractivity contribution in [3.05, 3.63) is 33.6 Å². The van der Waals surface area contributed by atoms with Crippen LogP contribution in [0.1, 0.15) is 23.7 Å². The smallest absolute Gasteiger partial charge is 0.295 e. The minimum atomic E-state index is -0.891. The second-order valence-electron chi connectivity index (χ2n) is 4.17. The van der Waals surface area contributed by atoms with Gasteiger partial charge in [0, 0.05) is 12.6 Å². The molecule has 1 rings (SSSR count). The van der Waals surface area contributed by atoms with E-state index >= 15 is 0 Å². The van der Waals surface area contributed by atoms with Crippen LogP contribution in [0.4, 0.5) is 15.8 Å². The largest absolute Gasteiger partial charge is 0.393 e. The molecule has 0 saturated heterocycles. The Bertz CT molecular complexity index is 505. The number of hydrogen-bond acceptors (Lipinski definition) is 5. The number of nitrogens with two attached hydrogens (primary N) is 2. The molecule has 5 N–H and O–H groups in total. The molecule has 104 valence electrons. The number of rotatable bonds is 5. The third-order valence-corrected chi connectivity index (χ3v) is 2.45. The predicted molar refractivity (Wildman–Crippen MR) is 68.1 cm³/mol. The van der Waals surface area contributed by atoms with E-state index in [0.717, 1.165) is 6.07 Å². The van der Waals surface area contributed by atoms with Gasteiger partial charge in [0.25, 0.3) is 11.6 Å². The Hall–Kier alpha value is -2.22.